The van der Waals surface area contributed by atoms with Crippen molar-refractivity contribution in [2.75, 3.05) is 5.32 Å². The maximum atomic E-state index is 3.55. The van der Waals surface area contributed by atoms with Gasteiger partial charge in [-0.05, 0) is 40.8 Å². The first-order valence-corrected chi connectivity index (χ1v) is 8.84. The van der Waals surface area contributed by atoms with Gasteiger partial charge in [0.2, 0.25) is 0 Å². The highest BCUT2D eigenvalue weighted by Crippen LogP contribution is 2.28. The van der Waals surface area contributed by atoms with Crippen LogP contribution in [0.4, 0.5) is 5.69 Å². The average Bonchev–Trinajstić information content (AvgIpc) is 2.97. The molecule has 0 atom stereocenters. The standard InChI is InChI=1S/C23H24N2/c1-23(2,3)17-10-8-16(9-11-17)15-24-18-12-13-22-20(14-18)19-6-4-5-7-21(19)25-22/h4-14,24-25H,15H2,1-3H3. The van der Waals surface area contributed by atoms with Crippen LogP contribution in [0.3, 0.4) is 0 Å². The van der Waals surface area contributed by atoms with Crippen molar-refractivity contribution in [1.29, 1.82) is 0 Å². The molecule has 0 aliphatic carbocycles. The molecule has 1 heterocycles. The summed E-state index contributed by atoms with van der Waals surface area (Å²) in [4.78, 5) is 3.47. The fourth-order valence-corrected chi connectivity index (χ4v) is 3.28. The molecule has 0 unspecified atom stereocenters. The van der Waals surface area contributed by atoms with Crippen molar-refractivity contribution < 1.29 is 0 Å². The van der Waals surface area contributed by atoms with E-state index in [1.54, 1.807) is 0 Å². The second kappa shape index (κ2) is 5.96. The van der Waals surface area contributed by atoms with Crippen molar-refractivity contribution in [3.63, 3.8) is 0 Å². The molecule has 2 heteroatoms. The molecule has 0 fully saturated rings. The summed E-state index contributed by atoms with van der Waals surface area (Å²) >= 11 is 0. The Bertz CT molecular complexity index is 1020. The summed E-state index contributed by atoms with van der Waals surface area (Å²) in [5.41, 5.74) is 6.39. The summed E-state index contributed by atoms with van der Waals surface area (Å²) < 4.78 is 0. The number of benzene rings is 3. The second-order valence-electron chi connectivity index (χ2n) is 7.73. The van der Waals surface area contributed by atoms with Crippen molar-refractivity contribution in [2.24, 2.45) is 0 Å². The Labute approximate surface area is 148 Å². The van der Waals surface area contributed by atoms with E-state index >= 15 is 0 Å². The lowest BCUT2D eigenvalue weighted by Gasteiger charge is -2.19. The van der Waals surface area contributed by atoms with Crippen molar-refractivity contribution in [2.45, 2.75) is 32.7 Å². The number of H-pyrrole nitrogens is 1. The van der Waals surface area contributed by atoms with Gasteiger partial charge in [0.15, 0.2) is 0 Å². The molecule has 4 aromatic rings. The number of para-hydroxylation sites is 1. The van der Waals surface area contributed by atoms with Crippen LogP contribution in [0, 0.1) is 0 Å². The first-order valence-electron chi connectivity index (χ1n) is 8.84. The molecule has 25 heavy (non-hydrogen) atoms. The molecule has 0 radical (unpaired) electrons. The topological polar surface area (TPSA) is 27.8 Å². The van der Waals surface area contributed by atoms with Gasteiger partial charge in [-0.2, -0.15) is 0 Å². The summed E-state index contributed by atoms with van der Waals surface area (Å²) in [5.74, 6) is 0. The van der Waals surface area contributed by atoms with Gasteiger partial charge in [0, 0.05) is 34.0 Å². The molecule has 2 nitrogen and oxygen atoms in total. The molecule has 0 aliphatic heterocycles. The fourth-order valence-electron chi connectivity index (χ4n) is 3.28. The van der Waals surface area contributed by atoms with Gasteiger partial charge in [-0.25, -0.2) is 0 Å². The van der Waals surface area contributed by atoms with E-state index in [9.17, 15) is 0 Å². The summed E-state index contributed by atoms with van der Waals surface area (Å²) in [5, 5.41) is 6.09. The molecule has 0 aliphatic rings. The van der Waals surface area contributed by atoms with E-state index in [0.29, 0.717) is 0 Å². The third kappa shape index (κ3) is 3.12. The lowest BCUT2D eigenvalue weighted by atomic mass is 9.87. The molecule has 0 amide bonds. The number of aromatic amines is 1. The molecule has 0 spiro atoms. The number of hydrogen-bond donors (Lipinski definition) is 2. The molecule has 3 aromatic carbocycles. The average molecular weight is 328 g/mol. The highest BCUT2D eigenvalue weighted by Gasteiger charge is 2.12. The molecule has 1 aromatic heterocycles. The Morgan fingerprint density at radius 2 is 1.52 bits per heavy atom. The van der Waals surface area contributed by atoms with E-state index in [0.717, 1.165) is 12.2 Å². The Morgan fingerprint density at radius 1 is 0.800 bits per heavy atom. The third-order valence-electron chi connectivity index (χ3n) is 4.82. The van der Waals surface area contributed by atoms with E-state index in [2.05, 4.69) is 97.8 Å². The zero-order valence-electron chi connectivity index (χ0n) is 15.1. The highest BCUT2D eigenvalue weighted by atomic mass is 14.9. The van der Waals surface area contributed by atoms with Gasteiger partial charge in [-0.1, -0.05) is 63.2 Å². The number of aromatic nitrogens is 1. The summed E-state index contributed by atoms with van der Waals surface area (Å²) in [7, 11) is 0. The Morgan fingerprint density at radius 3 is 2.28 bits per heavy atom. The van der Waals surface area contributed by atoms with Crippen molar-refractivity contribution in [1.82, 2.24) is 4.98 Å². The monoisotopic (exact) mass is 328 g/mol. The minimum Gasteiger partial charge on any atom is -0.381 e. The molecule has 2 N–H and O–H groups in total. The van der Waals surface area contributed by atoms with Crippen molar-refractivity contribution in [3.05, 3.63) is 77.9 Å². The lowest BCUT2D eigenvalue weighted by molar-refractivity contribution is 0.590. The first-order chi connectivity index (χ1) is 12.0. The predicted octanol–water partition coefficient (Wildman–Crippen LogP) is 6.23. The minimum atomic E-state index is 0.201. The minimum absolute atomic E-state index is 0.201. The summed E-state index contributed by atoms with van der Waals surface area (Å²) in [6.45, 7) is 7.57. The van der Waals surface area contributed by atoms with Crippen molar-refractivity contribution >= 4 is 27.5 Å². The van der Waals surface area contributed by atoms with Crippen LogP contribution < -0.4 is 5.32 Å². The second-order valence-corrected chi connectivity index (χ2v) is 7.73. The largest absolute Gasteiger partial charge is 0.381 e. The van der Waals surface area contributed by atoms with Crippen LogP contribution in [0.1, 0.15) is 31.9 Å². The maximum absolute atomic E-state index is 3.55. The zero-order valence-corrected chi connectivity index (χ0v) is 15.1. The van der Waals surface area contributed by atoms with Crippen LogP contribution in [-0.4, -0.2) is 4.98 Å². The Kier molecular flexibility index (Phi) is 3.76. The summed E-state index contributed by atoms with van der Waals surface area (Å²) in [6.07, 6.45) is 0. The number of fused-ring (bicyclic) bond motifs is 3. The van der Waals surface area contributed by atoms with Gasteiger partial charge in [-0.15, -0.1) is 0 Å². The van der Waals surface area contributed by atoms with Crippen LogP contribution in [0.2, 0.25) is 0 Å². The van der Waals surface area contributed by atoms with E-state index in [-0.39, 0.29) is 5.41 Å². The molecule has 0 bridgehead atoms. The molecule has 0 saturated heterocycles. The Hall–Kier alpha value is -2.74. The molecule has 4 rings (SSSR count). The zero-order chi connectivity index (χ0) is 17.4. The van der Waals surface area contributed by atoms with Crippen LogP contribution in [-0.2, 0) is 12.0 Å². The number of nitrogens with one attached hydrogen (secondary N) is 2. The summed E-state index contributed by atoms with van der Waals surface area (Å²) in [6, 6.07) is 23.9. The quantitative estimate of drug-likeness (QED) is 0.458. The van der Waals surface area contributed by atoms with Crippen LogP contribution in [0.25, 0.3) is 21.8 Å². The van der Waals surface area contributed by atoms with E-state index in [1.165, 1.54) is 32.9 Å². The maximum Gasteiger partial charge on any atom is 0.0466 e. The highest BCUT2D eigenvalue weighted by molar-refractivity contribution is 6.08. The van der Waals surface area contributed by atoms with Crippen molar-refractivity contribution in [3.8, 4) is 0 Å². The van der Waals surface area contributed by atoms with Gasteiger partial charge < -0.3 is 10.3 Å². The lowest BCUT2D eigenvalue weighted by Crippen LogP contribution is -2.11. The first kappa shape index (κ1) is 15.8. The van der Waals surface area contributed by atoms with Crippen LogP contribution in [0.5, 0.6) is 0 Å². The number of hydrogen-bond acceptors (Lipinski definition) is 1. The molecular weight excluding hydrogens is 304 g/mol. The predicted molar refractivity (Wildman–Crippen MR) is 108 cm³/mol. The molecule has 0 saturated carbocycles. The van der Waals surface area contributed by atoms with E-state index in [4.69, 9.17) is 0 Å². The third-order valence-corrected chi connectivity index (χ3v) is 4.82. The molecular formula is C23H24N2. The van der Waals surface area contributed by atoms with E-state index in [1.807, 2.05) is 0 Å². The smallest absolute Gasteiger partial charge is 0.0466 e. The molecule has 126 valence electrons. The van der Waals surface area contributed by atoms with E-state index < -0.39 is 0 Å². The SMILES string of the molecule is CC(C)(C)c1ccc(CNc2ccc3[nH]c4ccccc4c3c2)cc1. The number of anilines is 1. The fraction of sp³-hybridized carbons (Fsp3) is 0.217. The van der Waals surface area contributed by atoms with Gasteiger partial charge in [0.05, 0.1) is 0 Å². The van der Waals surface area contributed by atoms with Gasteiger partial charge in [0.1, 0.15) is 0 Å². The van der Waals surface area contributed by atoms with Gasteiger partial charge >= 0.3 is 0 Å². The van der Waals surface area contributed by atoms with Gasteiger partial charge in [-0.3, -0.25) is 0 Å². The van der Waals surface area contributed by atoms with Crippen LogP contribution in [0.15, 0.2) is 66.7 Å². The number of rotatable bonds is 3. The Balaban J connectivity index is 1.55. The van der Waals surface area contributed by atoms with Crippen LogP contribution >= 0.6 is 0 Å². The van der Waals surface area contributed by atoms with Gasteiger partial charge in [0.25, 0.3) is 0 Å². The normalized spacial score (nSPS) is 12.0.